The predicted octanol–water partition coefficient (Wildman–Crippen LogP) is 1.34. The molecule has 2 atom stereocenters. The van der Waals surface area contributed by atoms with Gasteiger partial charge in [-0.3, -0.25) is 4.79 Å². The largest absolute Gasteiger partial charge is 0.465 e. The van der Waals surface area contributed by atoms with Gasteiger partial charge in [-0.1, -0.05) is 6.92 Å². The Kier molecular flexibility index (Phi) is 6.42. The van der Waals surface area contributed by atoms with E-state index in [4.69, 9.17) is 9.47 Å². The Morgan fingerprint density at radius 2 is 2.38 bits per heavy atom. The summed E-state index contributed by atoms with van der Waals surface area (Å²) in [6.07, 6.45) is 3.10. The maximum atomic E-state index is 11.8. The van der Waals surface area contributed by atoms with E-state index in [-0.39, 0.29) is 17.9 Å². The van der Waals surface area contributed by atoms with Gasteiger partial charge in [-0.2, -0.15) is 0 Å². The molecular weight excluding hydrogens is 206 g/mol. The van der Waals surface area contributed by atoms with Crippen LogP contribution in [0.25, 0.3) is 0 Å². The number of carbonyl (C=O) groups excluding carboxylic acids is 1. The third kappa shape index (κ3) is 4.10. The average Bonchev–Trinajstić information content (AvgIpc) is 2.31. The van der Waals surface area contributed by atoms with Crippen LogP contribution in [-0.4, -0.2) is 38.4 Å². The second kappa shape index (κ2) is 7.63. The molecule has 0 amide bonds. The highest BCUT2D eigenvalue weighted by molar-refractivity contribution is 5.76. The molecule has 4 nitrogen and oxygen atoms in total. The number of hydrogen-bond acceptors (Lipinski definition) is 4. The van der Waals surface area contributed by atoms with E-state index in [1.165, 1.54) is 0 Å². The Hall–Kier alpha value is -0.610. The zero-order valence-electron chi connectivity index (χ0n) is 10.3. The summed E-state index contributed by atoms with van der Waals surface area (Å²) in [5.74, 6) is 0.130. The van der Waals surface area contributed by atoms with E-state index in [1.54, 1.807) is 0 Å². The van der Waals surface area contributed by atoms with E-state index >= 15 is 0 Å². The van der Waals surface area contributed by atoms with Crippen molar-refractivity contribution in [1.82, 2.24) is 5.32 Å². The summed E-state index contributed by atoms with van der Waals surface area (Å²) in [6.45, 7) is 6.70. The van der Waals surface area contributed by atoms with Crippen LogP contribution in [0.15, 0.2) is 0 Å². The Morgan fingerprint density at radius 1 is 1.56 bits per heavy atom. The number of nitrogens with one attached hydrogen (secondary N) is 1. The van der Waals surface area contributed by atoms with Crippen LogP contribution in [0.1, 0.15) is 33.1 Å². The molecule has 0 aromatic rings. The number of rotatable bonds is 6. The topological polar surface area (TPSA) is 47.6 Å². The fraction of sp³-hybridized carbons (Fsp3) is 0.917. The van der Waals surface area contributed by atoms with Gasteiger partial charge < -0.3 is 14.8 Å². The van der Waals surface area contributed by atoms with Gasteiger partial charge in [0.2, 0.25) is 0 Å². The average molecular weight is 229 g/mol. The summed E-state index contributed by atoms with van der Waals surface area (Å²) < 4.78 is 10.5. The molecule has 1 aliphatic rings. The van der Waals surface area contributed by atoms with Gasteiger partial charge in [-0.25, -0.2) is 0 Å². The lowest BCUT2D eigenvalue weighted by molar-refractivity contribution is -0.148. The molecule has 1 fully saturated rings. The fourth-order valence-corrected chi connectivity index (χ4v) is 2.00. The van der Waals surface area contributed by atoms with E-state index in [1.807, 2.05) is 6.92 Å². The van der Waals surface area contributed by atoms with Gasteiger partial charge in [0.05, 0.1) is 13.2 Å². The summed E-state index contributed by atoms with van der Waals surface area (Å²) in [5.41, 5.74) is 0. The zero-order chi connectivity index (χ0) is 11.8. The molecule has 0 aromatic carbocycles. The molecule has 16 heavy (non-hydrogen) atoms. The number of esters is 1. The van der Waals surface area contributed by atoms with Crippen LogP contribution in [0.2, 0.25) is 0 Å². The smallest absolute Gasteiger partial charge is 0.323 e. The minimum Gasteiger partial charge on any atom is -0.465 e. The van der Waals surface area contributed by atoms with E-state index in [0.29, 0.717) is 13.2 Å². The minimum atomic E-state index is -0.194. The highest BCUT2D eigenvalue weighted by Crippen LogP contribution is 2.18. The first-order chi connectivity index (χ1) is 7.79. The van der Waals surface area contributed by atoms with E-state index in [9.17, 15) is 4.79 Å². The molecule has 0 aliphatic carbocycles. The normalized spacial score (nSPS) is 22.8. The SMILES string of the molecule is CCCNC(C(=O)OCC)C1CCCOC1. The lowest BCUT2D eigenvalue weighted by Gasteiger charge is -2.29. The summed E-state index contributed by atoms with van der Waals surface area (Å²) in [5, 5.41) is 3.27. The predicted molar refractivity (Wildman–Crippen MR) is 62.3 cm³/mol. The van der Waals surface area contributed by atoms with Crippen LogP contribution in [0.4, 0.5) is 0 Å². The van der Waals surface area contributed by atoms with Gasteiger partial charge >= 0.3 is 5.97 Å². The molecule has 1 aliphatic heterocycles. The monoisotopic (exact) mass is 229 g/mol. The third-order valence-electron chi connectivity index (χ3n) is 2.82. The molecule has 1 rings (SSSR count). The number of hydrogen-bond donors (Lipinski definition) is 1. The minimum absolute atomic E-state index is 0.133. The summed E-state index contributed by atoms with van der Waals surface area (Å²) >= 11 is 0. The Balaban J connectivity index is 2.50. The molecule has 0 radical (unpaired) electrons. The first-order valence-electron chi connectivity index (χ1n) is 6.27. The second-order valence-corrected chi connectivity index (χ2v) is 4.16. The molecule has 94 valence electrons. The number of ether oxygens (including phenoxy) is 2. The van der Waals surface area contributed by atoms with Crippen LogP contribution < -0.4 is 5.32 Å². The van der Waals surface area contributed by atoms with Crippen molar-refractivity contribution in [2.75, 3.05) is 26.4 Å². The molecule has 0 spiro atoms. The maximum Gasteiger partial charge on any atom is 0.323 e. The van der Waals surface area contributed by atoms with Gasteiger partial charge in [0.1, 0.15) is 6.04 Å². The fourth-order valence-electron chi connectivity index (χ4n) is 2.00. The molecule has 2 unspecified atom stereocenters. The first-order valence-corrected chi connectivity index (χ1v) is 6.27. The summed E-state index contributed by atoms with van der Waals surface area (Å²) in [7, 11) is 0. The third-order valence-corrected chi connectivity index (χ3v) is 2.82. The highest BCUT2D eigenvalue weighted by Gasteiger charge is 2.30. The van der Waals surface area contributed by atoms with Crippen molar-refractivity contribution in [3.63, 3.8) is 0 Å². The summed E-state index contributed by atoms with van der Waals surface area (Å²) in [4.78, 5) is 11.8. The Labute approximate surface area is 97.7 Å². The quantitative estimate of drug-likeness (QED) is 0.698. The zero-order valence-corrected chi connectivity index (χ0v) is 10.3. The van der Waals surface area contributed by atoms with Gasteiger partial charge in [-0.05, 0) is 32.7 Å². The van der Waals surface area contributed by atoms with E-state index in [2.05, 4.69) is 12.2 Å². The van der Waals surface area contributed by atoms with E-state index in [0.717, 1.165) is 32.4 Å². The van der Waals surface area contributed by atoms with Crippen LogP contribution in [0.5, 0.6) is 0 Å². The van der Waals surface area contributed by atoms with E-state index < -0.39 is 0 Å². The highest BCUT2D eigenvalue weighted by atomic mass is 16.5. The van der Waals surface area contributed by atoms with Crippen molar-refractivity contribution >= 4 is 5.97 Å². The molecule has 0 aromatic heterocycles. The molecule has 1 N–H and O–H groups in total. The standard InChI is InChI=1S/C12H23NO3/c1-3-7-13-11(12(14)16-4-2)10-6-5-8-15-9-10/h10-11,13H,3-9H2,1-2H3. The summed E-state index contributed by atoms with van der Waals surface area (Å²) in [6, 6.07) is -0.194. The van der Waals surface area contributed by atoms with Gasteiger partial charge in [-0.15, -0.1) is 0 Å². The van der Waals surface area contributed by atoms with Crippen LogP contribution in [0.3, 0.4) is 0 Å². The van der Waals surface area contributed by atoms with Crippen molar-refractivity contribution in [1.29, 1.82) is 0 Å². The van der Waals surface area contributed by atoms with Crippen molar-refractivity contribution < 1.29 is 14.3 Å². The molecule has 1 heterocycles. The second-order valence-electron chi connectivity index (χ2n) is 4.16. The number of carbonyl (C=O) groups is 1. The molecular formula is C12H23NO3. The maximum absolute atomic E-state index is 11.8. The van der Waals surface area contributed by atoms with Crippen molar-refractivity contribution in [2.45, 2.75) is 39.2 Å². The van der Waals surface area contributed by atoms with Gasteiger partial charge in [0, 0.05) is 12.5 Å². The van der Waals surface area contributed by atoms with Gasteiger partial charge in [0.25, 0.3) is 0 Å². The lowest BCUT2D eigenvalue weighted by atomic mass is 9.93. The molecule has 0 bridgehead atoms. The molecule has 4 heteroatoms. The lowest BCUT2D eigenvalue weighted by Crippen LogP contribution is -2.47. The van der Waals surface area contributed by atoms with Gasteiger partial charge in [0.15, 0.2) is 0 Å². The first kappa shape index (κ1) is 13.5. The van der Waals surface area contributed by atoms with Crippen molar-refractivity contribution in [3.05, 3.63) is 0 Å². The van der Waals surface area contributed by atoms with Crippen LogP contribution in [-0.2, 0) is 14.3 Å². The van der Waals surface area contributed by atoms with Crippen molar-refractivity contribution in [2.24, 2.45) is 5.92 Å². The molecule has 1 saturated heterocycles. The van der Waals surface area contributed by atoms with Crippen LogP contribution in [0, 0.1) is 5.92 Å². The van der Waals surface area contributed by atoms with Crippen LogP contribution >= 0.6 is 0 Å². The molecule has 0 saturated carbocycles. The van der Waals surface area contributed by atoms with Crippen molar-refractivity contribution in [3.8, 4) is 0 Å². The Morgan fingerprint density at radius 3 is 2.94 bits per heavy atom. The Bertz CT molecular complexity index is 202.